The van der Waals surface area contributed by atoms with E-state index in [1.165, 1.54) is 11.6 Å². The maximum absolute atomic E-state index is 13.4. The van der Waals surface area contributed by atoms with Crippen molar-refractivity contribution in [1.82, 2.24) is 29.3 Å². The molecule has 1 atom stereocenters. The van der Waals surface area contributed by atoms with Gasteiger partial charge in [-0.3, -0.25) is 9.48 Å². The van der Waals surface area contributed by atoms with Crippen molar-refractivity contribution in [3.63, 3.8) is 0 Å². The van der Waals surface area contributed by atoms with Crippen molar-refractivity contribution >= 4 is 11.6 Å². The smallest absolute Gasteiger partial charge is 0.332 e. The van der Waals surface area contributed by atoms with Gasteiger partial charge in [0.1, 0.15) is 12.2 Å². The minimum atomic E-state index is -4.54. The number of carbonyl (C=O) groups is 1. The van der Waals surface area contributed by atoms with Crippen molar-refractivity contribution in [3.8, 4) is 0 Å². The van der Waals surface area contributed by atoms with Crippen molar-refractivity contribution < 1.29 is 18.0 Å². The molecule has 3 aromatic rings. The third kappa shape index (κ3) is 3.46. The maximum Gasteiger partial charge on any atom is 0.433 e. The molecule has 1 aliphatic heterocycles. The molecule has 1 aliphatic rings. The molecular weight excluding hydrogens is 373 g/mol. The highest BCUT2D eigenvalue weighted by Gasteiger charge is 2.36. The normalized spacial score (nSPS) is 18.0. The lowest BCUT2D eigenvalue weighted by molar-refractivity contribution is -0.143. The highest BCUT2D eigenvalue weighted by molar-refractivity contribution is 5.76. The zero-order valence-electron chi connectivity index (χ0n) is 15.2. The van der Waals surface area contributed by atoms with Gasteiger partial charge in [-0.1, -0.05) is 0 Å². The molecule has 10 heteroatoms. The summed E-state index contributed by atoms with van der Waals surface area (Å²) >= 11 is 0. The van der Waals surface area contributed by atoms with Crippen LogP contribution in [-0.4, -0.2) is 41.7 Å². The summed E-state index contributed by atoms with van der Waals surface area (Å²) in [5.41, 5.74) is -0.0440. The maximum atomic E-state index is 13.4. The second-order valence-corrected chi connectivity index (χ2v) is 6.92. The van der Waals surface area contributed by atoms with E-state index in [0.717, 1.165) is 23.4 Å². The lowest BCUT2D eigenvalue weighted by Crippen LogP contribution is -2.40. The van der Waals surface area contributed by atoms with Gasteiger partial charge in [-0.05, 0) is 38.3 Å². The Balaban J connectivity index is 1.69. The predicted molar refractivity (Wildman–Crippen MR) is 93.3 cm³/mol. The first-order valence-corrected chi connectivity index (χ1v) is 9.04. The van der Waals surface area contributed by atoms with E-state index in [2.05, 4.69) is 15.2 Å². The number of hydrogen-bond donors (Lipinski definition) is 0. The topological polar surface area (TPSA) is 68.3 Å². The van der Waals surface area contributed by atoms with Gasteiger partial charge in [-0.15, -0.1) is 0 Å². The molecule has 0 aliphatic carbocycles. The van der Waals surface area contributed by atoms with Gasteiger partial charge in [0, 0.05) is 30.7 Å². The fraction of sp³-hybridized carbons (Fsp3) is 0.444. The first kappa shape index (κ1) is 18.5. The zero-order valence-corrected chi connectivity index (χ0v) is 15.2. The first-order chi connectivity index (χ1) is 13.3. The number of halogens is 3. The summed E-state index contributed by atoms with van der Waals surface area (Å²) < 4.78 is 42.6. The summed E-state index contributed by atoms with van der Waals surface area (Å²) in [5, 5.41) is 8.24. The van der Waals surface area contributed by atoms with Gasteiger partial charge in [-0.2, -0.15) is 23.4 Å². The Morgan fingerprint density at radius 1 is 1.29 bits per heavy atom. The molecule has 1 amide bonds. The number of fused-ring (bicyclic) bond motifs is 1. The minimum Gasteiger partial charge on any atom is -0.332 e. The van der Waals surface area contributed by atoms with Crippen molar-refractivity contribution in [2.45, 2.75) is 44.9 Å². The number of hydrogen-bond acceptors (Lipinski definition) is 4. The molecule has 0 radical (unpaired) electrons. The second kappa shape index (κ2) is 6.92. The van der Waals surface area contributed by atoms with E-state index < -0.39 is 11.9 Å². The van der Waals surface area contributed by atoms with E-state index in [-0.39, 0.29) is 29.8 Å². The van der Waals surface area contributed by atoms with E-state index in [1.807, 2.05) is 0 Å². The number of aromatic nitrogens is 5. The summed E-state index contributed by atoms with van der Waals surface area (Å²) in [6.45, 7) is 2.14. The summed E-state index contributed by atoms with van der Waals surface area (Å²) in [5.74, 6) is -0.134. The fourth-order valence-electron chi connectivity index (χ4n) is 3.64. The van der Waals surface area contributed by atoms with Gasteiger partial charge in [0.2, 0.25) is 5.91 Å². The van der Waals surface area contributed by atoms with Crippen molar-refractivity contribution in [2.75, 3.05) is 6.54 Å². The highest BCUT2D eigenvalue weighted by atomic mass is 19.4. The number of aryl methyl sites for hydroxylation is 1. The Morgan fingerprint density at radius 2 is 2.11 bits per heavy atom. The van der Waals surface area contributed by atoms with Crippen LogP contribution in [0.5, 0.6) is 0 Å². The standard InChI is InChI=1S/C18H19F3N6O/c1-12-9-15(18(19,20)21)27-16(23-12)10-13(24-27)14-5-2-3-8-26(14)17(28)11-25-7-4-6-22-25/h4,6-7,9-10,14H,2-3,5,8,11H2,1H3. The van der Waals surface area contributed by atoms with Crippen LogP contribution in [0.1, 0.15) is 42.4 Å². The molecule has 28 heavy (non-hydrogen) atoms. The van der Waals surface area contributed by atoms with E-state index >= 15 is 0 Å². The number of piperidine rings is 1. The SMILES string of the molecule is Cc1cc(C(F)(F)F)n2nc(C3CCCCN3C(=O)Cn3cccn3)cc2n1. The molecular formula is C18H19F3N6O. The Bertz CT molecular complexity index is 995. The van der Waals surface area contributed by atoms with Gasteiger partial charge in [-0.25, -0.2) is 9.50 Å². The van der Waals surface area contributed by atoms with Crippen molar-refractivity contribution in [2.24, 2.45) is 0 Å². The van der Waals surface area contributed by atoms with Crippen molar-refractivity contribution in [1.29, 1.82) is 0 Å². The van der Waals surface area contributed by atoms with Crippen LogP contribution in [0.2, 0.25) is 0 Å². The number of alkyl halides is 3. The summed E-state index contributed by atoms with van der Waals surface area (Å²) in [6.07, 6.45) is 1.12. The molecule has 1 unspecified atom stereocenters. The Morgan fingerprint density at radius 3 is 2.82 bits per heavy atom. The van der Waals surface area contributed by atoms with Crippen LogP contribution in [0, 0.1) is 6.92 Å². The molecule has 1 fully saturated rings. The Labute approximate surface area is 158 Å². The molecule has 1 saturated heterocycles. The Kier molecular flexibility index (Phi) is 4.56. The van der Waals surface area contributed by atoms with E-state index in [4.69, 9.17) is 0 Å². The molecule has 0 saturated carbocycles. The molecule has 0 spiro atoms. The van der Waals surface area contributed by atoms with E-state index in [1.54, 1.807) is 29.4 Å². The third-order valence-corrected chi connectivity index (χ3v) is 4.89. The zero-order chi connectivity index (χ0) is 19.9. The van der Waals surface area contributed by atoms with Gasteiger partial charge in [0.15, 0.2) is 5.65 Å². The predicted octanol–water partition coefficient (Wildman–Crippen LogP) is 3.01. The number of likely N-dealkylation sites (tertiary alicyclic amines) is 1. The Hall–Kier alpha value is -2.91. The van der Waals surface area contributed by atoms with Crippen LogP contribution in [0.4, 0.5) is 13.2 Å². The molecule has 148 valence electrons. The van der Waals surface area contributed by atoms with Gasteiger partial charge < -0.3 is 4.90 Å². The summed E-state index contributed by atoms with van der Waals surface area (Å²) in [7, 11) is 0. The lowest BCUT2D eigenvalue weighted by atomic mass is 9.99. The number of nitrogens with zero attached hydrogens (tertiary/aromatic N) is 6. The van der Waals surface area contributed by atoms with Gasteiger partial charge >= 0.3 is 6.18 Å². The van der Waals surface area contributed by atoms with E-state index in [0.29, 0.717) is 18.7 Å². The average molecular weight is 392 g/mol. The summed E-state index contributed by atoms with van der Waals surface area (Å²) in [6, 6.07) is 3.88. The first-order valence-electron chi connectivity index (χ1n) is 9.04. The quantitative estimate of drug-likeness (QED) is 0.687. The number of rotatable bonds is 3. The molecule has 7 nitrogen and oxygen atoms in total. The van der Waals surface area contributed by atoms with Gasteiger partial charge in [0.25, 0.3) is 0 Å². The number of carbonyl (C=O) groups excluding carboxylic acids is 1. The largest absolute Gasteiger partial charge is 0.433 e. The second-order valence-electron chi connectivity index (χ2n) is 6.92. The van der Waals surface area contributed by atoms with Crippen LogP contribution in [0.3, 0.4) is 0 Å². The van der Waals surface area contributed by atoms with Crippen LogP contribution in [0.15, 0.2) is 30.6 Å². The van der Waals surface area contributed by atoms with Crippen LogP contribution < -0.4 is 0 Å². The molecule has 0 bridgehead atoms. The molecule has 3 aromatic heterocycles. The van der Waals surface area contributed by atoms with Crippen LogP contribution in [-0.2, 0) is 17.5 Å². The van der Waals surface area contributed by atoms with E-state index in [9.17, 15) is 18.0 Å². The van der Waals surface area contributed by atoms with Crippen molar-refractivity contribution in [3.05, 3.63) is 47.7 Å². The molecule has 4 heterocycles. The molecule has 0 aromatic carbocycles. The summed E-state index contributed by atoms with van der Waals surface area (Å²) in [4.78, 5) is 18.6. The molecule has 0 N–H and O–H groups in total. The van der Waals surface area contributed by atoms with Crippen LogP contribution in [0.25, 0.3) is 5.65 Å². The minimum absolute atomic E-state index is 0.0853. The fourth-order valence-corrected chi connectivity index (χ4v) is 3.64. The lowest BCUT2D eigenvalue weighted by Gasteiger charge is -2.34. The number of amides is 1. The average Bonchev–Trinajstić information content (AvgIpc) is 3.29. The van der Waals surface area contributed by atoms with Gasteiger partial charge in [0.05, 0.1) is 11.7 Å². The van der Waals surface area contributed by atoms with Crippen LogP contribution >= 0.6 is 0 Å². The third-order valence-electron chi connectivity index (χ3n) is 4.89. The molecule has 4 rings (SSSR count). The highest BCUT2D eigenvalue weighted by Crippen LogP contribution is 2.33. The monoisotopic (exact) mass is 392 g/mol.